The molecule has 1 aromatic rings. The predicted octanol–water partition coefficient (Wildman–Crippen LogP) is 2.33. The van der Waals surface area contributed by atoms with Crippen molar-refractivity contribution in [1.82, 2.24) is 0 Å². The van der Waals surface area contributed by atoms with E-state index in [0.29, 0.717) is 12.0 Å². The van der Waals surface area contributed by atoms with Gasteiger partial charge in [-0.3, -0.25) is 4.79 Å². The molecule has 17 heavy (non-hydrogen) atoms. The molecule has 0 bridgehead atoms. The molecule has 0 fully saturated rings. The predicted molar refractivity (Wildman–Crippen MR) is 64.8 cm³/mol. The van der Waals surface area contributed by atoms with Crippen LogP contribution in [0.2, 0.25) is 0 Å². The summed E-state index contributed by atoms with van der Waals surface area (Å²) in [6, 6.07) is 8.92. The molecule has 2 rings (SSSR count). The molecule has 0 heterocycles. The highest BCUT2D eigenvalue weighted by Crippen LogP contribution is 2.36. The van der Waals surface area contributed by atoms with E-state index in [1.165, 1.54) is 0 Å². The van der Waals surface area contributed by atoms with Crippen molar-refractivity contribution in [2.24, 2.45) is 0 Å². The Morgan fingerprint density at radius 1 is 1.29 bits per heavy atom. The quantitative estimate of drug-likeness (QED) is 0.786. The Morgan fingerprint density at radius 3 is 2.53 bits per heavy atom. The third kappa shape index (κ3) is 2.39. The minimum atomic E-state index is -1.26. The summed E-state index contributed by atoms with van der Waals surface area (Å²) in [6.45, 7) is 0. The molecule has 0 aliphatic heterocycles. The second-order valence-corrected chi connectivity index (χ2v) is 4.47. The van der Waals surface area contributed by atoms with E-state index in [0.717, 1.165) is 12.8 Å². The summed E-state index contributed by atoms with van der Waals surface area (Å²) in [4.78, 5) is 11.4. The van der Waals surface area contributed by atoms with Crippen LogP contribution < -0.4 is 0 Å². The van der Waals surface area contributed by atoms with Gasteiger partial charge < -0.3 is 10.2 Å². The van der Waals surface area contributed by atoms with E-state index < -0.39 is 17.5 Å². The largest absolute Gasteiger partial charge is 0.481 e. The zero-order valence-electron chi connectivity index (χ0n) is 9.54. The maximum absolute atomic E-state index is 11.4. The van der Waals surface area contributed by atoms with E-state index in [9.17, 15) is 15.0 Å². The maximum atomic E-state index is 11.4. The van der Waals surface area contributed by atoms with Crippen LogP contribution in [0.1, 0.15) is 30.7 Å². The van der Waals surface area contributed by atoms with Crippen molar-refractivity contribution < 1.29 is 15.0 Å². The minimum Gasteiger partial charge on any atom is -0.481 e. The highest BCUT2D eigenvalue weighted by atomic mass is 16.4. The first-order chi connectivity index (χ1) is 8.13. The zero-order valence-corrected chi connectivity index (χ0v) is 9.54. The molecule has 2 N–H and O–H groups in total. The SMILES string of the molecule is O=C(O)[C@H](c1ccccc1)[C@]1(O)C=CCCC1. The Labute approximate surface area is 100 Å². The molecule has 0 amide bonds. The molecule has 1 aliphatic carbocycles. The summed E-state index contributed by atoms with van der Waals surface area (Å²) < 4.78 is 0. The van der Waals surface area contributed by atoms with Crippen molar-refractivity contribution in [3.63, 3.8) is 0 Å². The minimum absolute atomic E-state index is 0.495. The Morgan fingerprint density at radius 2 is 2.00 bits per heavy atom. The smallest absolute Gasteiger partial charge is 0.314 e. The molecule has 0 saturated carbocycles. The molecular weight excluding hydrogens is 216 g/mol. The molecule has 0 aromatic heterocycles. The fraction of sp³-hybridized carbons (Fsp3) is 0.357. The summed E-state index contributed by atoms with van der Waals surface area (Å²) >= 11 is 0. The lowest BCUT2D eigenvalue weighted by Crippen LogP contribution is -2.40. The average Bonchev–Trinajstić information content (AvgIpc) is 2.30. The molecular formula is C14H16O3. The van der Waals surface area contributed by atoms with Crippen molar-refractivity contribution in [3.8, 4) is 0 Å². The maximum Gasteiger partial charge on any atom is 0.314 e. The van der Waals surface area contributed by atoms with Crippen molar-refractivity contribution in [2.75, 3.05) is 0 Å². The first kappa shape index (κ1) is 11.9. The lowest BCUT2D eigenvalue weighted by atomic mass is 9.76. The van der Waals surface area contributed by atoms with Gasteiger partial charge >= 0.3 is 5.97 Å². The number of carboxylic acid groups (broad SMARTS) is 1. The zero-order chi connectivity index (χ0) is 12.3. The molecule has 2 atom stereocenters. The lowest BCUT2D eigenvalue weighted by Gasteiger charge is -2.33. The molecule has 0 unspecified atom stereocenters. The van der Waals surface area contributed by atoms with Gasteiger partial charge in [-0.1, -0.05) is 42.5 Å². The summed E-state index contributed by atoms with van der Waals surface area (Å²) in [6.07, 6.45) is 5.73. The highest BCUT2D eigenvalue weighted by Gasteiger charge is 2.41. The monoisotopic (exact) mass is 232 g/mol. The van der Waals surface area contributed by atoms with Crippen molar-refractivity contribution in [3.05, 3.63) is 48.0 Å². The summed E-state index contributed by atoms with van der Waals surface area (Å²) in [5.41, 5.74) is -0.611. The topological polar surface area (TPSA) is 57.5 Å². The van der Waals surface area contributed by atoms with E-state index in [-0.39, 0.29) is 0 Å². The average molecular weight is 232 g/mol. The van der Waals surface area contributed by atoms with E-state index >= 15 is 0 Å². The lowest BCUT2D eigenvalue weighted by molar-refractivity contribution is -0.144. The number of aliphatic carboxylic acids is 1. The van der Waals surface area contributed by atoms with E-state index in [4.69, 9.17) is 0 Å². The second kappa shape index (κ2) is 4.72. The van der Waals surface area contributed by atoms with Crippen molar-refractivity contribution in [1.29, 1.82) is 0 Å². The molecule has 3 nitrogen and oxygen atoms in total. The number of carbonyl (C=O) groups is 1. The number of benzene rings is 1. The number of carboxylic acids is 1. The van der Waals surface area contributed by atoms with E-state index in [1.807, 2.05) is 12.1 Å². The van der Waals surface area contributed by atoms with Gasteiger partial charge in [0.1, 0.15) is 11.5 Å². The summed E-state index contributed by atoms with van der Waals surface area (Å²) in [7, 11) is 0. The Kier molecular flexibility index (Phi) is 3.29. The molecule has 0 spiro atoms. The molecule has 1 aliphatic rings. The van der Waals surface area contributed by atoms with Gasteiger partial charge in [0.15, 0.2) is 0 Å². The van der Waals surface area contributed by atoms with Crippen LogP contribution in [-0.4, -0.2) is 21.8 Å². The number of allylic oxidation sites excluding steroid dienone is 1. The molecule has 0 radical (unpaired) electrons. The van der Waals surface area contributed by atoms with Gasteiger partial charge in [0.2, 0.25) is 0 Å². The van der Waals surface area contributed by atoms with Crippen LogP contribution >= 0.6 is 0 Å². The van der Waals surface area contributed by atoms with Crippen LogP contribution in [0.5, 0.6) is 0 Å². The van der Waals surface area contributed by atoms with Gasteiger partial charge in [0, 0.05) is 0 Å². The summed E-state index contributed by atoms with van der Waals surface area (Å²) in [5, 5.41) is 19.8. The normalized spacial score (nSPS) is 25.5. The van der Waals surface area contributed by atoms with Gasteiger partial charge in [-0.05, 0) is 24.8 Å². The number of hydrogen-bond donors (Lipinski definition) is 2. The molecule has 3 heteroatoms. The van der Waals surface area contributed by atoms with Crippen LogP contribution in [0.4, 0.5) is 0 Å². The van der Waals surface area contributed by atoms with Crippen LogP contribution in [-0.2, 0) is 4.79 Å². The third-order valence-electron chi connectivity index (χ3n) is 3.23. The van der Waals surface area contributed by atoms with Crippen molar-refractivity contribution >= 4 is 5.97 Å². The molecule has 90 valence electrons. The number of hydrogen-bond acceptors (Lipinski definition) is 2. The summed E-state index contributed by atoms with van der Waals surface area (Å²) in [5.74, 6) is -1.87. The standard InChI is InChI=1S/C14H16O3/c15-13(16)12(11-7-3-1-4-8-11)14(17)9-5-2-6-10-14/h1,3-5,7-9,12,17H,2,6,10H2,(H,15,16)/t12-,14-/m0/s1. The van der Waals surface area contributed by atoms with Crippen LogP contribution in [0.15, 0.2) is 42.5 Å². The molecule has 1 aromatic carbocycles. The number of rotatable bonds is 3. The van der Waals surface area contributed by atoms with E-state index in [2.05, 4.69) is 0 Å². The van der Waals surface area contributed by atoms with Gasteiger partial charge in [-0.2, -0.15) is 0 Å². The Bertz CT molecular complexity index is 424. The van der Waals surface area contributed by atoms with Gasteiger partial charge in [-0.25, -0.2) is 0 Å². The Hall–Kier alpha value is -1.61. The van der Waals surface area contributed by atoms with Crippen LogP contribution in [0.3, 0.4) is 0 Å². The molecule has 0 saturated heterocycles. The Balaban J connectivity index is 2.39. The van der Waals surface area contributed by atoms with Gasteiger partial charge in [0.05, 0.1) is 0 Å². The van der Waals surface area contributed by atoms with E-state index in [1.54, 1.807) is 30.3 Å². The van der Waals surface area contributed by atoms with Crippen LogP contribution in [0.25, 0.3) is 0 Å². The van der Waals surface area contributed by atoms with Crippen LogP contribution in [0, 0.1) is 0 Å². The van der Waals surface area contributed by atoms with Gasteiger partial charge in [0.25, 0.3) is 0 Å². The first-order valence-corrected chi connectivity index (χ1v) is 5.81. The van der Waals surface area contributed by atoms with Crippen molar-refractivity contribution in [2.45, 2.75) is 30.8 Å². The first-order valence-electron chi connectivity index (χ1n) is 5.81. The fourth-order valence-corrected chi connectivity index (χ4v) is 2.40. The number of aliphatic hydroxyl groups is 1. The highest BCUT2D eigenvalue weighted by molar-refractivity contribution is 5.78. The van der Waals surface area contributed by atoms with Gasteiger partial charge in [-0.15, -0.1) is 0 Å². The fourth-order valence-electron chi connectivity index (χ4n) is 2.40. The third-order valence-corrected chi connectivity index (χ3v) is 3.23. The second-order valence-electron chi connectivity index (χ2n) is 4.47.